The molecule has 0 aliphatic heterocycles. The van der Waals surface area contributed by atoms with Crippen molar-refractivity contribution in [3.63, 3.8) is 0 Å². The second-order valence-electron chi connectivity index (χ2n) is 10.3. The highest BCUT2D eigenvalue weighted by atomic mass is 16.5. The molecule has 4 heteroatoms. The van der Waals surface area contributed by atoms with Crippen molar-refractivity contribution in [2.75, 3.05) is 0 Å². The summed E-state index contributed by atoms with van der Waals surface area (Å²) in [5.74, 6) is -0.688. The molecule has 0 aromatic carbocycles. The summed E-state index contributed by atoms with van der Waals surface area (Å²) in [7, 11) is 0. The second-order valence-corrected chi connectivity index (χ2v) is 10.3. The van der Waals surface area contributed by atoms with Crippen molar-refractivity contribution in [3.8, 4) is 0 Å². The van der Waals surface area contributed by atoms with Crippen molar-refractivity contribution in [2.45, 2.75) is 180 Å². The third-order valence-corrected chi connectivity index (χ3v) is 6.90. The van der Waals surface area contributed by atoms with Gasteiger partial charge in [-0.05, 0) is 32.1 Å². The van der Waals surface area contributed by atoms with Gasteiger partial charge in [0.25, 0.3) is 0 Å². The highest BCUT2D eigenvalue weighted by molar-refractivity contribution is 5.69. The Balaban J connectivity index is 3.44. The van der Waals surface area contributed by atoms with Gasteiger partial charge in [0.05, 0.1) is 0 Å². The zero-order chi connectivity index (χ0) is 25.1. The lowest BCUT2D eigenvalue weighted by atomic mass is 10.0. The highest BCUT2D eigenvalue weighted by Gasteiger charge is 2.12. The summed E-state index contributed by atoms with van der Waals surface area (Å²) in [6, 6.07) is 0. The third-order valence-electron chi connectivity index (χ3n) is 6.90. The molecule has 4 nitrogen and oxygen atoms in total. The number of esters is 1. The minimum Gasteiger partial charge on any atom is -0.481 e. The van der Waals surface area contributed by atoms with Crippen molar-refractivity contribution in [3.05, 3.63) is 0 Å². The van der Waals surface area contributed by atoms with Gasteiger partial charge in [0.1, 0.15) is 6.10 Å². The maximum absolute atomic E-state index is 12.2. The molecule has 0 saturated heterocycles. The fourth-order valence-corrected chi connectivity index (χ4v) is 4.59. The van der Waals surface area contributed by atoms with Crippen LogP contribution in [-0.4, -0.2) is 23.1 Å². The zero-order valence-corrected chi connectivity index (χ0v) is 22.9. The molecule has 1 N–H and O–H groups in total. The first-order chi connectivity index (χ1) is 16.6. The fraction of sp³-hybridized carbons (Fsp3) is 0.933. The SMILES string of the molecule is CCCCCCCCCCCCCCCC(=O)OC(CC)CCCCCCCCCCC(=O)O. The minimum absolute atomic E-state index is 0.00344. The number of aliphatic carboxylic acids is 1. The van der Waals surface area contributed by atoms with Gasteiger partial charge in [-0.1, -0.05) is 129 Å². The molecule has 0 amide bonds. The summed E-state index contributed by atoms with van der Waals surface area (Å²) in [4.78, 5) is 22.6. The predicted molar refractivity (Wildman–Crippen MR) is 144 cm³/mol. The molecular weight excluding hydrogens is 424 g/mol. The molecule has 0 aromatic heterocycles. The van der Waals surface area contributed by atoms with Gasteiger partial charge in [-0.15, -0.1) is 0 Å². The number of unbranched alkanes of at least 4 members (excludes halogenated alkanes) is 19. The van der Waals surface area contributed by atoms with Crippen LogP contribution in [0.15, 0.2) is 0 Å². The van der Waals surface area contributed by atoms with Crippen LogP contribution in [-0.2, 0) is 14.3 Å². The Bertz CT molecular complexity index is 449. The summed E-state index contributed by atoms with van der Waals surface area (Å²) in [5.41, 5.74) is 0. The summed E-state index contributed by atoms with van der Waals surface area (Å²) >= 11 is 0. The first-order valence-electron chi connectivity index (χ1n) is 15.0. The number of ether oxygens (including phenoxy) is 1. The van der Waals surface area contributed by atoms with Crippen molar-refractivity contribution >= 4 is 11.9 Å². The van der Waals surface area contributed by atoms with E-state index in [9.17, 15) is 9.59 Å². The molecule has 0 bridgehead atoms. The maximum atomic E-state index is 12.2. The number of hydrogen-bond donors (Lipinski definition) is 1. The molecule has 0 aliphatic rings. The predicted octanol–water partition coefficient (Wildman–Crippen LogP) is 9.78. The van der Waals surface area contributed by atoms with E-state index in [2.05, 4.69) is 13.8 Å². The van der Waals surface area contributed by atoms with Gasteiger partial charge in [-0.3, -0.25) is 9.59 Å². The Kier molecular flexibility index (Phi) is 25.7. The number of carbonyl (C=O) groups is 2. The normalized spacial score (nSPS) is 12.1. The summed E-state index contributed by atoms with van der Waals surface area (Å²) in [6.07, 6.45) is 29.0. The Morgan fingerprint density at radius 1 is 0.559 bits per heavy atom. The van der Waals surface area contributed by atoms with Crippen molar-refractivity contribution in [1.29, 1.82) is 0 Å². The van der Waals surface area contributed by atoms with E-state index in [1.54, 1.807) is 0 Å². The van der Waals surface area contributed by atoms with E-state index >= 15 is 0 Å². The largest absolute Gasteiger partial charge is 0.481 e. The summed E-state index contributed by atoms with van der Waals surface area (Å²) in [5, 5.41) is 8.63. The van der Waals surface area contributed by atoms with E-state index in [1.165, 1.54) is 96.3 Å². The maximum Gasteiger partial charge on any atom is 0.306 e. The molecule has 34 heavy (non-hydrogen) atoms. The molecule has 1 unspecified atom stereocenters. The van der Waals surface area contributed by atoms with Crippen LogP contribution < -0.4 is 0 Å². The Morgan fingerprint density at radius 2 is 0.941 bits per heavy atom. The van der Waals surface area contributed by atoms with Gasteiger partial charge >= 0.3 is 11.9 Å². The summed E-state index contributed by atoms with van der Waals surface area (Å²) < 4.78 is 5.71. The van der Waals surface area contributed by atoms with Gasteiger partial charge < -0.3 is 9.84 Å². The zero-order valence-electron chi connectivity index (χ0n) is 22.9. The quantitative estimate of drug-likeness (QED) is 0.0934. The molecule has 0 heterocycles. The number of carboxylic acids is 1. The molecule has 0 aromatic rings. The lowest BCUT2D eigenvalue weighted by Gasteiger charge is -2.16. The monoisotopic (exact) mass is 482 g/mol. The van der Waals surface area contributed by atoms with Crippen LogP contribution in [0.5, 0.6) is 0 Å². The molecule has 0 saturated carbocycles. The lowest BCUT2D eigenvalue weighted by molar-refractivity contribution is -0.149. The molecule has 0 radical (unpaired) electrons. The molecule has 0 fully saturated rings. The molecule has 202 valence electrons. The molecule has 0 rings (SSSR count). The van der Waals surface area contributed by atoms with Crippen LogP contribution in [0.4, 0.5) is 0 Å². The number of rotatable bonds is 27. The first-order valence-corrected chi connectivity index (χ1v) is 15.0. The van der Waals surface area contributed by atoms with Crippen molar-refractivity contribution in [1.82, 2.24) is 0 Å². The minimum atomic E-state index is -0.685. The average molecular weight is 483 g/mol. The van der Waals surface area contributed by atoms with Crippen LogP contribution in [0.25, 0.3) is 0 Å². The number of carboxylic acid groups (broad SMARTS) is 1. The van der Waals surface area contributed by atoms with E-state index in [-0.39, 0.29) is 12.1 Å². The van der Waals surface area contributed by atoms with Gasteiger partial charge in [0.15, 0.2) is 0 Å². The summed E-state index contributed by atoms with van der Waals surface area (Å²) in [6.45, 7) is 4.38. The van der Waals surface area contributed by atoms with E-state index in [1.807, 2.05) is 0 Å². The Hall–Kier alpha value is -1.06. The van der Waals surface area contributed by atoms with E-state index < -0.39 is 5.97 Å². The van der Waals surface area contributed by atoms with Crippen molar-refractivity contribution < 1.29 is 19.4 Å². The topological polar surface area (TPSA) is 63.6 Å². The number of hydrogen-bond acceptors (Lipinski definition) is 3. The molecule has 0 spiro atoms. The van der Waals surface area contributed by atoms with Crippen molar-refractivity contribution in [2.24, 2.45) is 0 Å². The van der Waals surface area contributed by atoms with Crippen LogP contribution >= 0.6 is 0 Å². The number of carbonyl (C=O) groups excluding carboxylic acids is 1. The lowest BCUT2D eigenvalue weighted by Crippen LogP contribution is -2.17. The van der Waals surface area contributed by atoms with E-state index in [0.717, 1.165) is 51.4 Å². The average Bonchev–Trinajstić information content (AvgIpc) is 2.82. The second kappa shape index (κ2) is 26.5. The van der Waals surface area contributed by atoms with Gasteiger partial charge in [0.2, 0.25) is 0 Å². The first kappa shape index (κ1) is 32.9. The van der Waals surface area contributed by atoms with Gasteiger partial charge in [-0.2, -0.15) is 0 Å². The van der Waals surface area contributed by atoms with E-state index in [0.29, 0.717) is 12.8 Å². The van der Waals surface area contributed by atoms with Gasteiger partial charge in [-0.25, -0.2) is 0 Å². The molecule has 0 aliphatic carbocycles. The highest BCUT2D eigenvalue weighted by Crippen LogP contribution is 2.16. The van der Waals surface area contributed by atoms with Crippen LogP contribution in [0.2, 0.25) is 0 Å². The standard InChI is InChI=1S/C30H58O4/c1-3-5-6-7-8-9-10-11-12-13-18-21-24-27-30(33)34-28(4-2)25-22-19-16-14-15-17-20-23-26-29(31)32/h28H,3-27H2,1-2H3,(H,31,32). The van der Waals surface area contributed by atoms with E-state index in [4.69, 9.17) is 9.84 Å². The molecular formula is C30H58O4. The Labute approximate surface area is 212 Å². The molecule has 1 atom stereocenters. The van der Waals surface area contributed by atoms with Crippen LogP contribution in [0, 0.1) is 0 Å². The van der Waals surface area contributed by atoms with Gasteiger partial charge in [0, 0.05) is 12.8 Å². The smallest absolute Gasteiger partial charge is 0.306 e. The third kappa shape index (κ3) is 25.6. The van der Waals surface area contributed by atoms with Crippen LogP contribution in [0.3, 0.4) is 0 Å². The Morgan fingerprint density at radius 3 is 1.35 bits per heavy atom. The van der Waals surface area contributed by atoms with Crippen LogP contribution in [0.1, 0.15) is 174 Å². The fourth-order valence-electron chi connectivity index (χ4n) is 4.59.